The first-order valence-corrected chi connectivity index (χ1v) is 6.24. The fourth-order valence-electron chi connectivity index (χ4n) is 2.22. The van der Waals surface area contributed by atoms with Crippen LogP contribution in [0.3, 0.4) is 0 Å². The summed E-state index contributed by atoms with van der Waals surface area (Å²) in [6, 6.07) is 13.1. The molecule has 0 unspecified atom stereocenters. The lowest BCUT2D eigenvalue weighted by molar-refractivity contribution is 0.782. The minimum absolute atomic E-state index is 0.161. The van der Waals surface area contributed by atoms with E-state index < -0.39 is 0 Å². The number of nitrogens with one attached hydrogen (secondary N) is 1. The van der Waals surface area contributed by atoms with Gasteiger partial charge in [0.05, 0.1) is 5.56 Å². The van der Waals surface area contributed by atoms with Gasteiger partial charge in [-0.2, -0.15) is 5.10 Å². The van der Waals surface area contributed by atoms with Crippen molar-refractivity contribution in [3.05, 3.63) is 59.0 Å². The van der Waals surface area contributed by atoms with E-state index in [2.05, 4.69) is 10.1 Å². The second-order valence-electron chi connectivity index (χ2n) is 4.54. The van der Waals surface area contributed by atoms with Crippen molar-refractivity contribution < 1.29 is 0 Å². The number of hydrogen-bond donors (Lipinski definition) is 2. The quantitative estimate of drug-likeness (QED) is 0.745. The van der Waals surface area contributed by atoms with E-state index in [0.717, 1.165) is 16.7 Å². The zero-order chi connectivity index (χ0) is 14.1. The number of anilines is 1. The van der Waals surface area contributed by atoms with Gasteiger partial charge in [0, 0.05) is 24.9 Å². The Labute approximate surface area is 115 Å². The lowest BCUT2D eigenvalue weighted by atomic mass is 10.0. The van der Waals surface area contributed by atoms with Crippen LogP contribution in [0, 0.1) is 0 Å². The van der Waals surface area contributed by atoms with Gasteiger partial charge in [0.15, 0.2) is 0 Å². The maximum atomic E-state index is 11.5. The maximum absolute atomic E-state index is 11.5. The Hall–Kier alpha value is -2.82. The van der Waals surface area contributed by atoms with Gasteiger partial charge in [0.2, 0.25) is 5.56 Å². The molecule has 0 radical (unpaired) electrons. The number of nitrogen functional groups attached to an aromatic ring is 1. The van der Waals surface area contributed by atoms with Crippen LogP contribution in [0.15, 0.2) is 53.5 Å². The third kappa shape index (κ3) is 1.99. The Balaban J connectivity index is 2.28. The van der Waals surface area contributed by atoms with Gasteiger partial charge in [-0.05, 0) is 11.6 Å². The van der Waals surface area contributed by atoms with E-state index >= 15 is 0 Å². The highest BCUT2D eigenvalue weighted by Gasteiger charge is 2.17. The number of aromatic nitrogens is 3. The number of nitrogens with zero attached hydrogens (tertiary/aromatic N) is 2. The maximum Gasteiger partial charge on any atom is 0.248 e. The molecule has 3 aromatic rings. The number of pyridine rings is 1. The number of aromatic amines is 1. The van der Waals surface area contributed by atoms with Crippen molar-refractivity contribution in [1.29, 1.82) is 0 Å². The van der Waals surface area contributed by atoms with E-state index in [9.17, 15) is 4.79 Å². The van der Waals surface area contributed by atoms with Gasteiger partial charge in [-0.1, -0.05) is 30.3 Å². The van der Waals surface area contributed by atoms with E-state index in [1.807, 2.05) is 36.4 Å². The van der Waals surface area contributed by atoms with Crippen molar-refractivity contribution in [2.24, 2.45) is 7.05 Å². The van der Waals surface area contributed by atoms with Crippen molar-refractivity contribution in [2.75, 3.05) is 5.73 Å². The third-order valence-electron chi connectivity index (χ3n) is 3.20. The van der Waals surface area contributed by atoms with Crippen molar-refractivity contribution in [2.45, 2.75) is 0 Å². The average Bonchev–Trinajstić information content (AvgIpc) is 2.76. The Morgan fingerprint density at radius 2 is 1.90 bits per heavy atom. The molecule has 100 valence electrons. The Bertz CT molecular complexity index is 802. The van der Waals surface area contributed by atoms with Crippen LogP contribution in [0.4, 0.5) is 5.82 Å². The van der Waals surface area contributed by atoms with Crippen LogP contribution < -0.4 is 11.3 Å². The summed E-state index contributed by atoms with van der Waals surface area (Å²) in [5.41, 5.74) is 9.25. The molecule has 3 rings (SSSR count). The average molecular weight is 266 g/mol. The van der Waals surface area contributed by atoms with E-state index in [0.29, 0.717) is 11.5 Å². The number of H-pyrrole nitrogens is 1. The van der Waals surface area contributed by atoms with Gasteiger partial charge in [-0.15, -0.1) is 0 Å². The lowest BCUT2D eigenvalue weighted by Gasteiger charge is -2.03. The minimum Gasteiger partial charge on any atom is -0.383 e. The van der Waals surface area contributed by atoms with Crippen LogP contribution in [-0.4, -0.2) is 14.8 Å². The van der Waals surface area contributed by atoms with Crippen LogP contribution in [0.5, 0.6) is 0 Å². The summed E-state index contributed by atoms with van der Waals surface area (Å²) in [7, 11) is 1.79. The predicted octanol–water partition coefficient (Wildman–Crippen LogP) is 2.02. The zero-order valence-electron chi connectivity index (χ0n) is 11.0. The molecule has 0 aliphatic carbocycles. The molecule has 5 nitrogen and oxygen atoms in total. The highest BCUT2D eigenvalue weighted by molar-refractivity contribution is 5.87. The molecule has 1 aromatic carbocycles. The molecular weight excluding hydrogens is 252 g/mol. The molecule has 20 heavy (non-hydrogen) atoms. The number of aryl methyl sites for hydroxylation is 1. The molecule has 0 atom stereocenters. The standard InChI is InChI=1S/C15H14N4O/c1-19-15(16)13(10-5-3-2-4-6-10)14(18-19)11-7-8-17-12(20)9-11/h2-9H,16H2,1H3,(H,17,20). The minimum atomic E-state index is -0.161. The molecule has 0 aliphatic rings. The summed E-state index contributed by atoms with van der Waals surface area (Å²) in [5, 5.41) is 4.44. The second-order valence-corrected chi connectivity index (χ2v) is 4.54. The normalized spacial score (nSPS) is 10.7. The van der Waals surface area contributed by atoms with Crippen LogP contribution in [0.25, 0.3) is 22.4 Å². The fourth-order valence-corrected chi connectivity index (χ4v) is 2.22. The van der Waals surface area contributed by atoms with Gasteiger partial charge < -0.3 is 10.7 Å². The molecule has 0 spiro atoms. The molecule has 0 aliphatic heterocycles. The van der Waals surface area contributed by atoms with Crippen molar-refractivity contribution in [1.82, 2.24) is 14.8 Å². The Morgan fingerprint density at radius 1 is 1.15 bits per heavy atom. The molecule has 2 heterocycles. The van der Waals surface area contributed by atoms with Crippen LogP contribution in [0.2, 0.25) is 0 Å². The van der Waals surface area contributed by atoms with Gasteiger partial charge in [0.1, 0.15) is 11.5 Å². The van der Waals surface area contributed by atoms with E-state index in [1.165, 1.54) is 6.07 Å². The van der Waals surface area contributed by atoms with Gasteiger partial charge in [-0.25, -0.2) is 0 Å². The Kier molecular flexibility index (Phi) is 2.87. The summed E-state index contributed by atoms with van der Waals surface area (Å²) >= 11 is 0. The summed E-state index contributed by atoms with van der Waals surface area (Å²) in [6.07, 6.45) is 1.61. The van der Waals surface area contributed by atoms with Crippen molar-refractivity contribution in [3.8, 4) is 22.4 Å². The third-order valence-corrected chi connectivity index (χ3v) is 3.20. The van der Waals surface area contributed by atoms with Gasteiger partial charge in [0.25, 0.3) is 0 Å². The molecule has 0 fully saturated rings. The number of benzene rings is 1. The molecule has 2 aromatic heterocycles. The van der Waals surface area contributed by atoms with Crippen molar-refractivity contribution >= 4 is 5.82 Å². The largest absolute Gasteiger partial charge is 0.383 e. The second kappa shape index (κ2) is 4.70. The van der Waals surface area contributed by atoms with Gasteiger partial charge >= 0.3 is 0 Å². The Morgan fingerprint density at radius 3 is 2.60 bits per heavy atom. The topological polar surface area (TPSA) is 76.7 Å². The number of rotatable bonds is 2. The predicted molar refractivity (Wildman–Crippen MR) is 79.1 cm³/mol. The van der Waals surface area contributed by atoms with Crippen molar-refractivity contribution in [3.63, 3.8) is 0 Å². The first-order valence-electron chi connectivity index (χ1n) is 6.24. The smallest absolute Gasteiger partial charge is 0.248 e. The number of nitrogens with two attached hydrogens (primary N) is 1. The molecule has 0 bridgehead atoms. The van der Waals surface area contributed by atoms with E-state index in [4.69, 9.17) is 5.73 Å². The molecule has 0 saturated carbocycles. The molecule has 0 amide bonds. The highest BCUT2D eigenvalue weighted by Crippen LogP contribution is 2.34. The fraction of sp³-hybridized carbons (Fsp3) is 0.0667. The van der Waals surface area contributed by atoms with Gasteiger partial charge in [-0.3, -0.25) is 9.48 Å². The number of hydrogen-bond acceptors (Lipinski definition) is 3. The zero-order valence-corrected chi connectivity index (χ0v) is 11.0. The molecular formula is C15H14N4O. The monoisotopic (exact) mass is 266 g/mol. The molecule has 5 heteroatoms. The van der Waals surface area contributed by atoms with Crippen LogP contribution >= 0.6 is 0 Å². The lowest BCUT2D eigenvalue weighted by Crippen LogP contribution is -2.02. The van der Waals surface area contributed by atoms with Crippen LogP contribution in [0.1, 0.15) is 0 Å². The summed E-state index contributed by atoms with van der Waals surface area (Å²) in [5.74, 6) is 0.575. The SMILES string of the molecule is Cn1nc(-c2cc[nH]c(=O)c2)c(-c2ccccc2)c1N. The molecule has 3 N–H and O–H groups in total. The summed E-state index contributed by atoms with van der Waals surface area (Å²) < 4.78 is 1.62. The highest BCUT2D eigenvalue weighted by atomic mass is 16.1. The summed E-state index contributed by atoms with van der Waals surface area (Å²) in [6.45, 7) is 0. The summed E-state index contributed by atoms with van der Waals surface area (Å²) in [4.78, 5) is 14.1. The van der Waals surface area contributed by atoms with E-state index in [-0.39, 0.29) is 5.56 Å². The first-order chi connectivity index (χ1) is 9.66. The van der Waals surface area contributed by atoms with Crippen LogP contribution in [-0.2, 0) is 7.05 Å². The first kappa shape index (κ1) is 12.2. The molecule has 0 saturated heterocycles. The van der Waals surface area contributed by atoms with E-state index in [1.54, 1.807) is 17.9 Å².